The molecule has 0 fully saturated rings. The van der Waals surface area contributed by atoms with E-state index in [1.54, 1.807) is 6.08 Å². The summed E-state index contributed by atoms with van der Waals surface area (Å²) in [5.41, 5.74) is 0.861. The van der Waals surface area contributed by atoms with Crippen LogP contribution in [0.15, 0.2) is 24.3 Å². The van der Waals surface area contributed by atoms with Crippen LogP contribution < -0.4 is 0 Å². The Kier molecular flexibility index (Phi) is 4.57. The molecule has 0 saturated heterocycles. The third-order valence-corrected chi connectivity index (χ3v) is 2.26. The zero-order valence-electron chi connectivity index (χ0n) is 9.02. The van der Waals surface area contributed by atoms with Crippen LogP contribution in [0.1, 0.15) is 12.8 Å². The van der Waals surface area contributed by atoms with E-state index in [0.717, 1.165) is 5.57 Å². The van der Waals surface area contributed by atoms with E-state index >= 15 is 0 Å². The van der Waals surface area contributed by atoms with Crippen LogP contribution in [0, 0.1) is 0 Å². The van der Waals surface area contributed by atoms with Gasteiger partial charge in [-0.2, -0.15) is 0 Å². The highest BCUT2D eigenvalue weighted by atomic mass is 16.6. The number of carboxylic acid groups (broad SMARTS) is 1. The quantitative estimate of drug-likeness (QED) is 0.735. The van der Waals surface area contributed by atoms with Crippen molar-refractivity contribution in [3.05, 3.63) is 24.3 Å². The minimum atomic E-state index is -0.839. The molecule has 0 saturated carbocycles. The molecular formula is C11H15NO4. The van der Waals surface area contributed by atoms with E-state index in [1.807, 2.05) is 0 Å². The van der Waals surface area contributed by atoms with E-state index in [0.29, 0.717) is 19.5 Å². The Hall–Kier alpha value is -1.78. The maximum atomic E-state index is 11.4. The standard InChI is InChI=1S/C11H15NO4/c1-2-7-16-11(15)12-5-3-9(4-6-12)8-10(13)14/h2-3H,1,4-8H2,(H,13,14). The van der Waals surface area contributed by atoms with E-state index in [2.05, 4.69) is 6.58 Å². The van der Waals surface area contributed by atoms with Gasteiger partial charge in [-0.15, -0.1) is 0 Å². The highest BCUT2D eigenvalue weighted by molar-refractivity contribution is 5.71. The summed E-state index contributed by atoms with van der Waals surface area (Å²) in [5, 5.41) is 8.60. The smallest absolute Gasteiger partial charge is 0.410 e. The first-order valence-corrected chi connectivity index (χ1v) is 5.05. The number of carbonyl (C=O) groups is 2. The molecule has 0 aliphatic carbocycles. The second kappa shape index (κ2) is 5.95. The van der Waals surface area contributed by atoms with Crippen molar-refractivity contribution >= 4 is 12.1 Å². The number of hydrogen-bond donors (Lipinski definition) is 1. The minimum absolute atomic E-state index is 0.0511. The Balaban J connectivity index is 2.41. The maximum Gasteiger partial charge on any atom is 0.410 e. The number of carbonyl (C=O) groups excluding carboxylic acids is 1. The SMILES string of the molecule is C=CCOC(=O)N1CC=C(CC(=O)O)CC1. The molecule has 0 atom stereocenters. The number of carboxylic acids is 1. The van der Waals surface area contributed by atoms with E-state index in [4.69, 9.17) is 9.84 Å². The molecule has 1 aliphatic heterocycles. The number of ether oxygens (including phenoxy) is 1. The Bertz CT molecular complexity index is 322. The van der Waals surface area contributed by atoms with Crippen molar-refractivity contribution in [3.63, 3.8) is 0 Å². The highest BCUT2D eigenvalue weighted by Crippen LogP contribution is 2.14. The van der Waals surface area contributed by atoms with E-state index < -0.39 is 5.97 Å². The zero-order chi connectivity index (χ0) is 12.0. The summed E-state index contributed by atoms with van der Waals surface area (Å²) in [7, 11) is 0. The lowest BCUT2D eigenvalue weighted by molar-refractivity contribution is -0.136. The monoisotopic (exact) mass is 225 g/mol. The number of hydrogen-bond acceptors (Lipinski definition) is 3. The topological polar surface area (TPSA) is 66.8 Å². The molecule has 1 N–H and O–H groups in total. The fraction of sp³-hybridized carbons (Fsp3) is 0.455. The number of nitrogens with zero attached hydrogens (tertiary/aromatic N) is 1. The van der Waals surface area contributed by atoms with Crippen LogP contribution in [-0.2, 0) is 9.53 Å². The molecule has 0 radical (unpaired) electrons. The predicted molar refractivity (Wildman–Crippen MR) is 58.1 cm³/mol. The molecular weight excluding hydrogens is 210 g/mol. The lowest BCUT2D eigenvalue weighted by atomic mass is 10.1. The summed E-state index contributed by atoms with van der Waals surface area (Å²) < 4.78 is 4.87. The Morgan fingerprint density at radius 2 is 2.38 bits per heavy atom. The van der Waals surface area contributed by atoms with Crippen LogP contribution >= 0.6 is 0 Å². The van der Waals surface area contributed by atoms with Crippen LogP contribution in [0.3, 0.4) is 0 Å². The average molecular weight is 225 g/mol. The zero-order valence-corrected chi connectivity index (χ0v) is 9.02. The lowest BCUT2D eigenvalue weighted by Gasteiger charge is -2.25. The van der Waals surface area contributed by atoms with Gasteiger partial charge >= 0.3 is 12.1 Å². The first kappa shape index (κ1) is 12.3. The molecule has 0 unspecified atom stereocenters. The highest BCUT2D eigenvalue weighted by Gasteiger charge is 2.18. The fourth-order valence-corrected chi connectivity index (χ4v) is 1.45. The van der Waals surface area contributed by atoms with E-state index in [1.165, 1.54) is 11.0 Å². The van der Waals surface area contributed by atoms with Crippen LogP contribution in [0.2, 0.25) is 0 Å². The molecule has 0 spiro atoms. The van der Waals surface area contributed by atoms with Gasteiger partial charge in [0.1, 0.15) is 6.61 Å². The van der Waals surface area contributed by atoms with Crippen LogP contribution in [0.5, 0.6) is 0 Å². The van der Waals surface area contributed by atoms with Crippen molar-refractivity contribution in [3.8, 4) is 0 Å². The van der Waals surface area contributed by atoms with Gasteiger partial charge in [-0.25, -0.2) is 4.79 Å². The molecule has 1 heterocycles. The first-order chi connectivity index (χ1) is 7.63. The van der Waals surface area contributed by atoms with Gasteiger partial charge in [0, 0.05) is 13.1 Å². The van der Waals surface area contributed by atoms with Crippen molar-refractivity contribution in [2.75, 3.05) is 19.7 Å². The van der Waals surface area contributed by atoms with Crippen molar-refractivity contribution in [1.29, 1.82) is 0 Å². The lowest BCUT2D eigenvalue weighted by Crippen LogP contribution is -2.35. The predicted octanol–water partition coefficient (Wildman–Crippen LogP) is 1.42. The van der Waals surface area contributed by atoms with Crippen molar-refractivity contribution in [2.24, 2.45) is 0 Å². The van der Waals surface area contributed by atoms with Gasteiger partial charge in [-0.3, -0.25) is 4.79 Å². The molecule has 88 valence electrons. The largest absolute Gasteiger partial charge is 0.481 e. The van der Waals surface area contributed by atoms with Crippen LogP contribution in [0.4, 0.5) is 4.79 Å². The summed E-state index contributed by atoms with van der Waals surface area (Å²) >= 11 is 0. The van der Waals surface area contributed by atoms with Crippen molar-refractivity contribution in [2.45, 2.75) is 12.8 Å². The molecule has 16 heavy (non-hydrogen) atoms. The molecule has 0 aromatic heterocycles. The van der Waals surface area contributed by atoms with E-state index in [-0.39, 0.29) is 19.1 Å². The third-order valence-electron chi connectivity index (χ3n) is 2.26. The molecule has 5 heteroatoms. The van der Waals surface area contributed by atoms with Gasteiger partial charge in [-0.05, 0) is 6.42 Å². The summed E-state index contributed by atoms with van der Waals surface area (Å²) in [6.07, 6.45) is 3.54. The first-order valence-electron chi connectivity index (χ1n) is 5.05. The Labute approximate surface area is 94.0 Å². The molecule has 0 aromatic carbocycles. The minimum Gasteiger partial charge on any atom is -0.481 e. The van der Waals surface area contributed by atoms with Crippen molar-refractivity contribution in [1.82, 2.24) is 4.90 Å². The molecule has 1 aliphatic rings. The van der Waals surface area contributed by atoms with E-state index in [9.17, 15) is 9.59 Å². The van der Waals surface area contributed by atoms with Crippen molar-refractivity contribution < 1.29 is 19.4 Å². The summed E-state index contributed by atoms with van der Waals surface area (Å²) in [6, 6.07) is 0. The maximum absolute atomic E-state index is 11.4. The summed E-state index contributed by atoms with van der Waals surface area (Å²) in [5.74, 6) is -0.839. The second-order valence-electron chi connectivity index (χ2n) is 3.49. The Morgan fingerprint density at radius 3 is 2.88 bits per heavy atom. The molecule has 0 aromatic rings. The molecule has 1 rings (SSSR count). The van der Waals surface area contributed by atoms with Gasteiger partial charge < -0.3 is 14.7 Å². The van der Waals surface area contributed by atoms with Gasteiger partial charge in [-0.1, -0.05) is 24.3 Å². The molecule has 1 amide bonds. The second-order valence-corrected chi connectivity index (χ2v) is 3.49. The Morgan fingerprint density at radius 1 is 1.62 bits per heavy atom. The van der Waals surface area contributed by atoms with Gasteiger partial charge in [0.25, 0.3) is 0 Å². The number of amides is 1. The third kappa shape index (κ3) is 3.76. The normalized spacial score (nSPS) is 15.2. The summed E-state index contributed by atoms with van der Waals surface area (Å²) in [4.78, 5) is 23.4. The van der Waals surface area contributed by atoms with Gasteiger partial charge in [0.15, 0.2) is 0 Å². The number of aliphatic carboxylic acids is 1. The summed E-state index contributed by atoms with van der Waals surface area (Å²) in [6.45, 7) is 4.57. The van der Waals surface area contributed by atoms with Gasteiger partial charge in [0.05, 0.1) is 6.42 Å². The van der Waals surface area contributed by atoms with Crippen LogP contribution in [0.25, 0.3) is 0 Å². The van der Waals surface area contributed by atoms with Gasteiger partial charge in [0.2, 0.25) is 0 Å². The van der Waals surface area contributed by atoms with Crippen LogP contribution in [-0.4, -0.2) is 41.8 Å². The average Bonchev–Trinajstić information content (AvgIpc) is 2.26. The fourth-order valence-electron chi connectivity index (χ4n) is 1.45. The molecule has 5 nitrogen and oxygen atoms in total. The number of rotatable bonds is 4. The molecule has 0 bridgehead atoms.